The number of likely N-dealkylation sites (tertiary alicyclic amines) is 1. The number of hydrogen-bond donors (Lipinski definition) is 2. The number of amides is 1. The van der Waals surface area contributed by atoms with Crippen molar-refractivity contribution in [2.24, 2.45) is 0 Å². The molecule has 5 heterocycles. The number of nitrogens with zero attached hydrogens (tertiary/aromatic N) is 6. The van der Waals surface area contributed by atoms with Crippen LogP contribution in [0.25, 0.3) is 27.2 Å². The molecule has 0 aliphatic carbocycles. The van der Waals surface area contributed by atoms with Gasteiger partial charge in [0.25, 0.3) is 5.56 Å². The van der Waals surface area contributed by atoms with E-state index in [0.717, 1.165) is 104 Å². The number of para-hydroxylation sites is 1. The van der Waals surface area contributed by atoms with Crippen molar-refractivity contribution in [3.05, 3.63) is 81.1 Å². The van der Waals surface area contributed by atoms with Gasteiger partial charge >= 0.3 is 0 Å². The molecule has 1 radical (unpaired) electrons. The second kappa shape index (κ2) is 17.0. The maximum absolute atomic E-state index is 14.2. The van der Waals surface area contributed by atoms with E-state index in [4.69, 9.17) is 5.43 Å². The van der Waals surface area contributed by atoms with Crippen molar-refractivity contribution in [1.29, 1.82) is 0 Å². The van der Waals surface area contributed by atoms with Gasteiger partial charge in [-0.3, -0.25) is 19.6 Å². The summed E-state index contributed by atoms with van der Waals surface area (Å²) in [5, 5.41) is 11.5. The fourth-order valence-electron chi connectivity index (χ4n) is 7.67. The quantitative estimate of drug-likeness (QED) is 0.276. The van der Waals surface area contributed by atoms with Crippen molar-refractivity contribution in [3.63, 3.8) is 0 Å². The molecule has 3 saturated heterocycles. The third-order valence-electron chi connectivity index (χ3n) is 10.3. The standard InChI is InChI=1S/C35H45N8O2.C2H6.Y/c1-24-19-25(20-28-23-36-38-33(24)28)21-32(35(45)42-17-15-41(16-18-42)29-9-11-40(2)12-10-29)39-43-13-7-26(8-14-43)30-22-27-5-3-4-6-31(27)37-34(30)44;1-2;/h3-6,19-20,22-23,26,29,32H,7-18,21H2,1-2H3,(H,36,38)(H,37,44);1-2H3;/q-1;;/t32-;;/m1../s1. The first-order valence-electron chi connectivity index (χ1n) is 17.6. The number of H-pyrrole nitrogens is 2. The van der Waals surface area contributed by atoms with Crippen LogP contribution in [0, 0.1) is 6.92 Å². The number of piperidine rings is 2. The predicted molar refractivity (Wildman–Crippen MR) is 190 cm³/mol. The summed E-state index contributed by atoms with van der Waals surface area (Å²) in [6, 6.07) is 14.4. The maximum atomic E-state index is 14.2. The number of aromatic nitrogens is 3. The Morgan fingerprint density at radius 2 is 1.65 bits per heavy atom. The van der Waals surface area contributed by atoms with E-state index < -0.39 is 6.04 Å². The van der Waals surface area contributed by atoms with Crippen molar-refractivity contribution in [2.75, 3.05) is 59.4 Å². The van der Waals surface area contributed by atoms with Crippen LogP contribution in [0.15, 0.2) is 53.5 Å². The van der Waals surface area contributed by atoms with Crippen LogP contribution in [0.5, 0.6) is 0 Å². The number of fused-ring (bicyclic) bond motifs is 2. The Bertz CT molecular complexity index is 1700. The van der Waals surface area contributed by atoms with Crippen LogP contribution in [-0.2, 0) is 43.9 Å². The van der Waals surface area contributed by atoms with Gasteiger partial charge in [-0.05, 0) is 119 Å². The van der Waals surface area contributed by atoms with Gasteiger partial charge in [0.2, 0.25) is 5.91 Å². The maximum Gasteiger partial charge on any atom is 0.251 e. The molecule has 4 aromatic rings. The average Bonchev–Trinajstić information content (AvgIpc) is 3.59. The molecule has 48 heavy (non-hydrogen) atoms. The molecular weight excluding hydrogens is 677 g/mol. The number of nitrogens with one attached hydrogen (secondary N) is 2. The number of piperazine rings is 1. The van der Waals surface area contributed by atoms with Crippen LogP contribution in [-0.4, -0.2) is 112 Å². The number of hydrogen-bond acceptors (Lipinski definition) is 6. The third kappa shape index (κ3) is 8.45. The van der Waals surface area contributed by atoms with Crippen molar-refractivity contribution in [1.82, 2.24) is 34.9 Å². The van der Waals surface area contributed by atoms with Gasteiger partial charge in [-0.1, -0.05) is 38.1 Å². The van der Waals surface area contributed by atoms with Gasteiger partial charge in [0.05, 0.1) is 11.7 Å². The molecule has 1 amide bonds. The molecule has 2 aromatic carbocycles. The number of carbonyl (C=O) groups is 1. The van der Waals surface area contributed by atoms with E-state index in [-0.39, 0.29) is 50.1 Å². The molecule has 255 valence electrons. The number of aryl methyl sites for hydroxylation is 1. The largest absolute Gasteiger partial charge is 0.584 e. The molecule has 10 nitrogen and oxygen atoms in total. The Morgan fingerprint density at radius 3 is 2.38 bits per heavy atom. The molecular formula is C37H51N8O2Y-. The first-order chi connectivity index (χ1) is 22.9. The molecule has 0 spiro atoms. The van der Waals surface area contributed by atoms with Gasteiger partial charge in [0.1, 0.15) is 0 Å². The fraction of sp³-hybridized carbons (Fsp3) is 0.541. The summed E-state index contributed by atoms with van der Waals surface area (Å²) < 4.78 is 0. The van der Waals surface area contributed by atoms with Gasteiger partial charge in [-0.15, -0.1) is 0 Å². The second-order valence-electron chi connectivity index (χ2n) is 13.3. The molecule has 2 aromatic heterocycles. The van der Waals surface area contributed by atoms with Gasteiger partial charge in [-0.2, -0.15) is 5.10 Å². The normalized spacial score (nSPS) is 19.5. The van der Waals surface area contributed by atoms with Crippen molar-refractivity contribution in [2.45, 2.75) is 70.9 Å². The van der Waals surface area contributed by atoms with Crippen LogP contribution in [0.3, 0.4) is 0 Å². The molecule has 7 rings (SSSR count). The van der Waals surface area contributed by atoms with Gasteiger partial charge in [-0.25, -0.2) is 0 Å². The van der Waals surface area contributed by atoms with Crippen LogP contribution < -0.4 is 5.56 Å². The Balaban J connectivity index is 0.00000148. The van der Waals surface area contributed by atoms with Crippen LogP contribution >= 0.6 is 0 Å². The van der Waals surface area contributed by atoms with E-state index in [1.54, 1.807) is 0 Å². The zero-order valence-corrected chi connectivity index (χ0v) is 32.0. The molecule has 3 fully saturated rings. The van der Waals surface area contributed by atoms with Crippen LogP contribution in [0.4, 0.5) is 0 Å². The summed E-state index contributed by atoms with van der Waals surface area (Å²) in [6.45, 7) is 13.2. The van der Waals surface area contributed by atoms with Crippen LogP contribution in [0.1, 0.15) is 62.1 Å². The summed E-state index contributed by atoms with van der Waals surface area (Å²) in [4.78, 5) is 37.2. The minimum absolute atomic E-state index is 0. The van der Waals surface area contributed by atoms with Gasteiger partial charge < -0.3 is 25.2 Å². The molecule has 2 N–H and O–H groups in total. The molecule has 0 bridgehead atoms. The summed E-state index contributed by atoms with van der Waals surface area (Å²) in [5.74, 6) is 0.300. The minimum Gasteiger partial charge on any atom is -0.584 e. The van der Waals surface area contributed by atoms with Gasteiger partial charge in [0.15, 0.2) is 0 Å². The number of aromatic amines is 2. The zero-order chi connectivity index (χ0) is 32.9. The fourth-order valence-corrected chi connectivity index (χ4v) is 7.67. The number of carbonyl (C=O) groups excluding carboxylic acids is 1. The number of benzene rings is 2. The number of pyridine rings is 1. The third-order valence-corrected chi connectivity index (χ3v) is 10.3. The molecule has 11 heteroatoms. The van der Waals surface area contributed by atoms with Crippen molar-refractivity contribution >= 4 is 27.7 Å². The zero-order valence-electron chi connectivity index (χ0n) is 29.1. The van der Waals surface area contributed by atoms with E-state index in [1.807, 2.05) is 49.2 Å². The SMILES string of the molecule is CC.Cc1cc(C[C@@H]([N-]N2CCC(c3cc4ccccc4[nH]c3=O)CC2)C(=O)N2CCN(C3CCN(C)CC3)CC2)cc2cn[nH]c12.[Y]. The first-order valence-corrected chi connectivity index (χ1v) is 17.6. The predicted octanol–water partition coefficient (Wildman–Crippen LogP) is 5.05. The Labute approximate surface area is 309 Å². The van der Waals surface area contributed by atoms with E-state index in [2.05, 4.69) is 62.2 Å². The van der Waals surface area contributed by atoms with Gasteiger partial charge in [0, 0.05) is 81.4 Å². The second-order valence-corrected chi connectivity index (χ2v) is 13.3. The number of rotatable bonds is 7. The Hall–Kier alpha value is -2.47. The van der Waals surface area contributed by atoms with E-state index in [9.17, 15) is 9.59 Å². The Kier molecular flexibility index (Phi) is 13.0. The minimum atomic E-state index is -0.482. The van der Waals surface area contributed by atoms with E-state index in [1.165, 1.54) is 12.8 Å². The van der Waals surface area contributed by atoms with E-state index >= 15 is 0 Å². The first kappa shape index (κ1) is 36.8. The molecule has 1 atom stereocenters. The average molecular weight is 729 g/mol. The molecule has 3 aliphatic heterocycles. The topological polar surface area (TPSA) is 106 Å². The summed E-state index contributed by atoms with van der Waals surface area (Å²) >= 11 is 0. The summed E-state index contributed by atoms with van der Waals surface area (Å²) in [6.07, 6.45) is 6.49. The van der Waals surface area contributed by atoms with Crippen molar-refractivity contribution < 1.29 is 37.5 Å². The monoisotopic (exact) mass is 728 g/mol. The molecule has 3 aliphatic rings. The van der Waals surface area contributed by atoms with E-state index in [0.29, 0.717) is 12.5 Å². The van der Waals surface area contributed by atoms with Crippen molar-refractivity contribution in [3.8, 4) is 0 Å². The molecule has 0 saturated carbocycles. The smallest absolute Gasteiger partial charge is 0.251 e. The Morgan fingerprint density at radius 1 is 0.938 bits per heavy atom. The molecule has 0 unspecified atom stereocenters. The summed E-state index contributed by atoms with van der Waals surface area (Å²) in [5.41, 5.74) is 10.1. The van der Waals surface area contributed by atoms with Crippen LogP contribution in [0.2, 0.25) is 0 Å². The summed E-state index contributed by atoms with van der Waals surface area (Å²) in [7, 11) is 2.20.